The van der Waals surface area contributed by atoms with Crippen LogP contribution in [0.3, 0.4) is 0 Å². The van der Waals surface area contributed by atoms with Crippen molar-refractivity contribution < 1.29 is 4.39 Å². The van der Waals surface area contributed by atoms with Crippen LogP contribution in [0.1, 0.15) is 29.0 Å². The lowest BCUT2D eigenvalue weighted by Gasteiger charge is -2.16. The van der Waals surface area contributed by atoms with Crippen LogP contribution in [0.2, 0.25) is 0 Å². The fourth-order valence-electron chi connectivity index (χ4n) is 2.07. The first-order chi connectivity index (χ1) is 9.15. The Morgan fingerprint density at radius 1 is 1.42 bits per heavy atom. The molecule has 3 N–H and O–H groups in total. The van der Waals surface area contributed by atoms with Gasteiger partial charge in [0.25, 0.3) is 0 Å². The quantitative estimate of drug-likeness (QED) is 0.637. The number of benzene rings is 1. The minimum atomic E-state index is -0.244. The first-order valence-corrected chi connectivity index (χ1v) is 7.79. The van der Waals surface area contributed by atoms with Crippen molar-refractivity contribution in [2.24, 2.45) is 5.84 Å². The molecule has 0 aliphatic carbocycles. The van der Waals surface area contributed by atoms with Gasteiger partial charge in [0.2, 0.25) is 0 Å². The van der Waals surface area contributed by atoms with E-state index < -0.39 is 0 Å². The average molecular weight is 343 g/mol. The van der Waals surface area contributed by atoms with Crippen molar-refractivity contribution in [3.63, 3.8) is 0 Å². The summed E-state index contributed by atoms with van der Waals surface area (Å²) in [6.45, 7) is 2.13. The molecule has 1 heterocycles. The van der Waals surface area contributed by atoms with Crippen molar-refractivity contribution in [3.8, 4) is 0 Å². The SMILES string of the molecule is CCc1ccsc1C(Cc1ccc(F)c(Br)c1)NN. The van der Waals surface area contributed by atoms with Crippen LogP contribution < -0.4 is 11.3 Å². The fourth-order valence-corrected chi connectivity index (χ4v) is 3.56. The van der Waals surface area contributed by atoms with Crippen LogP contribution in [-0.2, 0) is 12.8 Å². The van der Waals surface area contributed by atoms with Crippen LogP contribution in [-0.4, -0.2) is 0 Å². The highest BCUT2D eigenvalue weighted by Gasteiger charge is 2.16. The number of nitrogens with two attached hydrogens (primary N) is 1. The Balaban J connectivity index is 2.21. The maximum atomic E-state index is 13.2. The van der Waals surface area contributed by atoms with Crippen LogP contribution >= 0.6 is 27.3 Å². The first kappa shape index (κ1) is 14.7. The van der Waals surface area contributed by atoms with Gasteiger partial charge < -0.3 is 0 Å². The molecular weight excluding hydrogens is 327 g/mol. The largest absolute Gasteiger partial charge is 0.271 e. The zero-order valence-corrected chi connectivity index (χ0v) is 13.0. The normalized spacial score (nSPS) is 12.6. The van der Waals surface area contributed by atoms with Crippen molar-refractivity contribution in [2.45, 2.75) is 25.8 Å². The number of halogens is 2. The summed E-state index contributed by atoms with van der Waals surface area (Å²) in [6, 6.07) is 7.27. The molecule has 1 atom stereocenters. The van der Waals surface area contributed by atoms with E-state index >= 15 is 0 Å². The molecule has 0 fully saturated rings. The summed E-state index contributed by atoms with van der Waals surface area (Å²) < 4.78 is 13.7. The highest BCUT2D eigenvalue weighted by atomic mass is 79.9. The minimum Gasteiger partial charge on any atom is -0.271 e. The number of rotatable bonds is 5. The van der Waals surface area contributed by atoms with E-state index in [1.54, 1.807) is 23.5 Å². The highest BCUT2D eigenvalue weighted by molar-refractivity contribution is 9.10. The standard InChI is InChI=1S/C14H16BrFN2S/c1-2-10-5-6-19-14(10)13(18-17)8-9-3-4-12(16)11(15)7-9/h3-7,13,18H,2,8,17H2,1H3. The van der Waals surface area contributed by atoms with Gasteiger partial charge in [0.15, 0.2) is 0 Å². The maximum Gasteiger partial charge on any atom is 0.137 e. The summed E-state index contributed by atoms with van der Waals surface area (Å²) in [5, 5.41) is 2.08. The van der Waals surface area contributed by atoms with E-state index in [9.17, 15) is 4.39 Å². The molecule has 0 bridgehead atoms. The molecule has 5 heteroatoms. The van der Waals surface area contributed by atoms with Crippen LogP contribution in [0.5, 0.6) is 0 Å². The number of hydrogen-bond donors (Lipinski definition) is 2. The summed E-state index contributed by atoms with van der Waals surface area (Å²) in [7, 11) is 0. The van der Waals surface area contributed by atoms with Gasteiger partial charge in [-0.2, -0.15) is 0 Å². The van der Waals surface area contributed by atoms with Gasteiger partial charge in [0.1, 0.15) is 5.82 Å². The third kappa shape index (κ3) is 3.42. The summed E-state index contributed by atoms with van der Waals surface area (Å²) in [5.41, 5.74) is 5.22. The summed E-state index contributed by atoms with van der Waals surface area (Å²) in [4.78, 5) is 1.26. The lowest BCUT2D eigenvalue weighted by Crippen LogP contribution is -2.29. The van der Waals surface area contributed by atoms with Gasteiger partial charge in [-0.3, -0.25) is 11.3 Å². The fraction of sp³-hybridized carbons (Fsp3) is 0.286. The second kappa shape index (κ2) is 6.61. The Morgan fingerprint density at radius 3 is 2.84 bits per heavy atom. The molecule has 2 rings (SSSR count). The van der Waals surface area contributed by atoms with Crippen molar-refractivity contribution in [3.05, 3.63) is 55.9 Å². The van der Waals surface area contributed by atoms with Crippen LogP contribution in [0.15, 0.2) is 34.1 Å². The predicted octanol–water partition coefficient (Wildman–Crippen LogP) is 3.96. The third-order valence-electron chi connectivity index (χ3n) is 3.10. The smallest absolute Gasteiger partial charge is 0.137 e. The van der Waals surface area contributed by atoms with E-state index in [0.29, 0.717) is 4.47 Å². The molecule has 1 aromatic carbocycles. The summed E-state index contributed by atoms with van der Waals surface area (Å²) >= 11 is 4.92. The summed E-state index contributed by atoms with van der Waals surface area (Å²) in [6.07, 6.45) is 1.73. The topological polar surface area (TPSA) is 38.0 Å². The van der Waals surface area contributed by atoms with Crippen LogP contribution in [0.4, 0.5) is 4.39 Å². The molecule has 1 unspecified atom stereocenters. The Hall–Kier alpha value is -0.750. The molecule has 0 aliphatic rings. The molecule has 2 aromatic rings. The Labute approximate surface area is 124 Å². The molecule has 102 valence electrons. The Bertz CT molecular complexity index is 556. The second-order valence-electron chi connectivity index (χ2n) is 4.34. The lowest BCUT2D eigenvalue weighted by atomic mass is 10.0. The molecule has 0 saturated carbocycles. The molecule has 0 aliphatic heterocycles. The monoisotopic (exact) mass is 342 g/mol. The molecule has 0 spiro atoms. The van der Waals surface area contributed by atoms with Gasteiger partial charge >= 0.3 is 0 Å². The maximum absolute atomic E-state index is 13.2. The number of nitrogens with one attached hydrogen (secondary N) is 1. The third-order valence-corrected chi connectivity index (χ3v) is 4.78. The molecule has 19 heavy (non-hydrogen) atoms. The second-order valence-corrected chi connectivity index (χ2v) is 6.14. The van der Waals surface area contributed by atoms with Gasteiger partial charge in [-0.25, -0.2) is 4.39 Å². The molecular formula is C14H16BrFN2S. The van der Waals surface area contributed by atoms with E-state index in [-0.39, 0.29) is 11.9 Å². The number of thiophene rings is 1. The molecule has 1 aromatic heterocycles. The van der Waals surface area contributed by atoms with E-state index in [4.69, 9.17) is 5.84 Å². The number of hydrazine groups is 1. The summed E-state index contributed by atoms with van der Waals surface area (Å²) in [5.74, 6) is 5.43. The Kier molecular flexibility index (Phi) is 5.10. The van der Waals surface area contributed by atoms with Gasteiger partial charge in [-0.1, -0.05) is 13.0 Å². The molecule has 0 radical (unpaired) electrons. The zero-order chi connectivity index (χ0) is 13.8. The Morgan fingerprint density at radius 2 is 2.21 bits per heavy atom. The van der Waals surface area contributed by atoms with Gasteiger partial charge in [-0.15, -0.1) is 11.3 Å². The average Bonchev–Trinajstić information content (AvgIpc) is 2.88. The molecule has 0 saturated heterocycles. The number of hydrogen-bond acceptors (Lipinski definition) is 3. The van der Waals surface area contributed by atoms with Crippen LogP contribution in [0.25, 0.3) is 0 Å². The number of aryl methyl sites for hydroxylation is 1. The van der Waals surface area contributed by atoms with E-state index in [2.05, 4.69) is 39.7 Å². The van der Waals surface area contributed by atoms with Gasteiger partial charge in [-0.05, 0) is 63.5 Å². The van der Waals surface area contributed by atoms with Crippen molar-refractivity contribution in [2.75, 3.05) is 0 Å². The van der Waals surface area contributed by atoms with Crippen molar-refractivity contribution >= 4 is 27.3 Å². The van der Waals surface area contributed by atoms with Crippen molar-refractivity contribution in [1.82, 2.24) is 5.43 Å². The minimum absolute atomic E-state index is 0.0623. The highest BCUT2D eigenvalue weighted by Crippen LogP contribution is 2.28. The predicted molar refractivity (Wildman–Crippen MR) is 81.6 cm³/mol. The molecule has 2 nitrogen and oxygen atoms in total. The van der Waals surface area contributed by atoms with Crippen LogP contribution in [0, 0.1) is 5.82 Å². The van der Waals surface area contributed by atoms with Gasteiger partial charge in [0.05, 0.1) is 10.5 Å². The molecule has 0 amide bonds. The van der Waals surface area contributed by atoms with E-state index in [0.717, 1.165) is 18.4 Å². The lowest BCUT2D eigenvalue weighted by molar-refractivity contribution is 0.555. The van der Waals surface area contributed by atoms with Crippen molar-refractivity contribution in [1.29, 1.82) is 0 Å². The van der Waals surface area contributed by atoms with E-state index in [1.165, 1.54) is 16.5 Å². The van der Waals surface area contributed by atoms with Gasteiger partial charge in [0, 0.05) is 4.88 Å². The zero-order valence-electron chi connectivity index (χ0n) is 10.6. The first-order valence-electron chi connectivity index (χ1n) is 6.12. The van der Waals surface area contributed by atoms with E-state index in [1.807, 2.05) is 0 Å².